The third kappa shape index (κ3) is 4.97. The van der Waals surface area contributed by atoms with E-state index in [-0.39, 0.29) is 5.75 Å². The standard InChI is InChI=1S/C39H26N4OS/c44-33-17-6-4-15-31(33)39-41-36(38-37(42-39)32-16-5-7-18-34(32)45-38)28-13-10-14-30(25-28)43(35-19-8-9-24-40-35)29-22-20-27(21-23-29)26-11-2-1-3-12-26/h1-25,44H. The number of aromatic hydroxyl groups is 1. The van der Waals surface area contributed by atoms with Crippen molar-refractivity contribution in [3.05, 3.63) is 152 Å². The molecule has 0 aliphatic carbocycles. The van der Waals surface area contributed by atoms with Crippen LogP contribution in [0.4, 0.5) is 17.2 Å². The molecule has 6 heteroatoms. The van der Waals surface area contributed by atoms with E-state index >= 15 is 0 Å². The summed E-state index contributed by atoms with van der Waals surface area (Å²) >= 11 is 1.68. The maximum absolute atomic E-state index is 10.7. The number of hydrogen-bond donors (Lipinski definition) is 1. The highest BCUT2D eigenvalue weighted by atomic mass is 32.1. The van der Waals surface area contributed by atoms with Gasteiger partial charge in [-0.1, -0.05) is 91.0 Å². The Morgan fingerprint density at radius 3 is 2.13 bits per heavy atom. The normalized spacial score (nSPS) is 11.2. The molecule has 8 aromatic rings. The molecule has 0 bridgehead atoms. The summed E-state index contributed by atoms with van der Waals surface area (Å²) in [6.45, 7) is 0. The lowest BCUT2D eigenvalue weighted by Crippen LogP contribution is -2.11. The van der Waals surface area contributed by atoms with E-state index in [1.54, 1.807) is 23.5 Å². The molecule has 0 aliphatic heterocycles. The molecule has 3 aromatic heterocycles. The molecule has 214 valence electrons. The van der Waals surface area contributed by atoms with Gasteiger partial charge in [0, 0.05) is 33.2 Å². The Labute approximate surface area is 264 Å². The van der Waals surface area contributed by atoms with Gasteiger partial charge in [-0.3, -0.25) is 4.90 Å². The van der Waals surface area contributed by atoms with Crippen molar-refractivity contribution in [3.8, 4) is 39.5 Å². The molecule has 5 nitrogen and oxygen atoms in total. The van der Waals surface area contributed by atoms with Crippen LogP contribution in [0.25, 0.3) is 54.1 Å². The number of rotatable bonds is 6. The van der Waals surface area contributed by atoms with Crippen LogP contribution in [0.2, 0.25) is 0 Å². The van der Waals surface area contributed by atoms with Crippen molar-refractivity contribution in [3.63, 3.8) is 0 Å². The van der Waals surface area contributed by atoms with Gasteiger partial charge in [0.25, 0.3) is 0 Å². The van der Waals surface area contributed by atoms with Crippen LogP contribution in [-0.4, -0.2) is 20.1 Å². The molecule has 0 unspecified atom stereocenters. The van der Waals surface area contributed by atoms with Crippen molar-refractivity contribution in [1.29, 1.82) is 0 Å². The second-order valence-electron chi connectivity index (χ2n) is 10.7. The molecule has 1 N–H and O–H groups in total. The van der Waals surface area contributed by atoms with Gasteiger partial charge in [0.15, 0.2) is 5.82 Å². The Morgan fingerprint density at radius 2 is 1.31 bits per heavy atom. The summed E-state index contributed by atoms with van der Waals surface area (Å²) in [5.41, 5.74) is 7.52. The summed E-state index contributed by atoms with van der Waals surface area (Å²) in [5, 5.41) is 11.8. The van der Waals surface area contributed by atoms with Crippen molar-refractivity contribution in [2.45, 2.75) is 0 Å². The Bertz CT molecular complexity index is 2280. The van der Waals surface area contributed by atoms with E-state index < -0.39 is 0 Å². The number of para-hydroxylation sites is 1. The van der Waals surface area contributed by atoms with Gasteiger partial charge in [0.2, 0.25) is 0 Å². The number of aromatic nitrogens is 3. The van der Waals surface area contributed by atoms with Crippen LogP contribution >= 0.6 is 11.3 Å². The largest absolute Gasteiger partial charge is 0.507 e. The number of benzene rings is 5. The van der Waals surface area contributed by atoms with Crippen LogP contribution < -0.4 is 4.90 Å². The van der Waals surface area contributed by atoms with Crippen molar-refractivity contribution >= 4 is 48.8 Å². The van der Waals surface area contributed by atoms with Gasteiger partial charge >= 0.3 is 0 Å². The molecule has 8 rings (SSSR count). The Hall–Kier alpha value is -5.85. The summed E-state index contributed by atoms with van der Waals surface area (Å²) in [6.07, 6.45) is 1.81. The molecule has 5 aromatic carbocycles. The van der Waals surface area contributed by atoms with Crippen molar-refractivity contribution in [2.24, 2.45) is 0 Å². The third-order valence-electron chi connectivity index (χ3n) is 7.85. The monoisotopic (exact) mass is 598 g/mol. The molecule has 0 fully saturated rings. The van der Waals surface area contributed by atoms with Crippen molar-refractivity contribution in [2.75, 3.05) is 4.90 Å². The first-order valence-electron chi connectivity index (χ1n) is 14.7. The molecule has 0 spiro atoms. The lowest BCUT2D eigenvalue weighted by molar-refractivity contribution is 0.477. The number of anilines is 3. The van der Waals surface area contributed by atoms with E-state index in [1.807, 2.05) is 54.7 Å². The highest BCUT2D eigenvalue weighted by Crippen LogP contribution is 2.42. The zero-order valence-corrected chi connectivity index (χ0v) is 24.9. The summed E-state index contributed by atoms with van der Waals surface area (Å²) in [4.78, 5) is 17.0. The van der Waals surface area contributed by atoms with E-state index in [9.17, 15) is 5.11 Å². The van der Waals surface area contributed by atoms with E-state index in [4.69, 9.17) is 15.0 Å². The molecule has 0 radical (unpaired) electrons. The van der Waals surface area contributed by atoms with Crippen LogP contribution in [-0.2, 0) is 0 Å². The smallest absolute Gasteiger partial charge is 0.164 e. The maximum atomic E-state index is 10.7. The Morgan fingerprint density at radius 1 is 0.578 bits per heavy atom. The van der Waals surface area contributed by atoms with Gasteiger partial charge in [-0.05, 0) is 65.7 Å². The zero-order chi connectivity index (χ0) is 30.2. The summed E-state index contributed by atoms with van der Waals surface area (Å²) < 4.78 is 2.14. The van der Waals surface area contributed by atoms with Crippen LogP contribution in [0.5, 0.6) is 5.75 Å². The van der Waals surface area contributed by atoms with Crippen LogP contribution in [0.1, 0.15) is 0 Å². The van der Waals surface area contributed by atoms with Gasteiger partial charge in [0.1, 0.15) is 11.6 Å². The van der Waals surface area contributed by atoms with Crippen LogP contribution in [0.3, 0.4) is 0 Å². The first-order valence-corrected chi connectivity index (χ1v) is 15.5. The first kappa shape index (κ1) is 26.8. The summed E-state index contributed by atoms with van der Waals surface area (Å²) in [7, 11) is 0. The van der Waals surface area contributed by atoms with E-state index in [0.29, 0.717) is 11.4 Å². The van der Waals surface area contributed by atoms with Gasteiger partial charge in [-0.15, -0.1) is 11.3 Å². The SMILES string of the molecule is Oc1ccccc1-c1nc(-c2cccc(N(c3ccc(-c4ccccc4)cc3)c3ccccn3)c2)c2sc3ccccc3c2n1. The molecule has 0 amide bonds. The third-order valence-corrected chi connectivity index (χ3v) is 9.02. The fourth-order valence-electron chi connectivity index (χ4n) is 5.70. The van der Waals surface area contributed by atoms with E-state index in [0.717, 1.165) is 54.3 Å². The molecular weight excluding hydrogens is 573 g/mol. The zero-order valence-electron chi connectivity index (χ0n) is 24.1. The minimum atomic E-state index is 0.149. The number of fused-ring (bicyclic) bond motifs is 3. The van der Waals surface area contributed by atoms with E-state index in [1.165, 1.54) is 5.56 Å². The summed E-state index contributed by atoms with van der Waals surface area (Å²) in [6, 6.07) is 48.8. The molecule has 0 saturated heterocycles. The first-order chi connectivity index (χ1) is 22.2. The van der Waals surface area contributed by atoms with Gasteiger partial charge in [-0.25, -0.2) is 15.0 Å². The lowest BCUT2D eigenvalue weighted by Gasteiger charge is -2.25. The minimum Gasteiger partial charge on any atom is -0.507 e. The van der Waals surface area contributed by atoms with Crippen molar-refractivity contribution in [1.82, 2.24) is 15.0 Å². The number of phenolic OH excluding ortho intramolecular Hbond substituents is 1. The van der Waals surface area contributed by atoms with Gasteiger partial charge < -0.3 is 5.11 Å². The molecule has 0 aliphatic rings. The minimum absolute atomic E-state index is 0.149. The van der Waals surface area contributed by atoms with Crippen molar-refractivity contribution < 1.29 is 5.11 Å². The Balaban J connectivity index is 1.30. The average Bonchev–Trinajstić information content (AvgIpc) is 3.48. The lowest BCUT2D eigenvalue weighted by atomic mass is 10.0. The predicted molar refractivity (Wildman–Crippen MR) is 185 cm³/mol. The van der Waals surface area contributed by atoms with Crippen LogP contribution in [0, 0.1) is 0 Å². The Kier molecular flexibility index (Phi) is 6.74. The highest BCUT2D eigenvalue weighted by molar-refractivity contribution is 7.26. The highest BCUT2D eigenvalue weighted by Gasteiger charge is 2.20. The molecule has 3 heterocycles. The molecule has 45 heavy (non-hydrogen) atoms. The number of pyridine rings is 1. The second-order valence-corrected chi connectivity index (χ2v) is 11.7. The topological polar surface area (TPSA) is 62.1 Å². The van der Waals surface area contributed by atoms with Gasteiger partial charge in [-0.2, -0.15) is 0 Å². The quantitative estimate of drug-likeness (QED) is 0.206. The number of hydrogen-bond acceptors (Lipinski definition) is 6. The molecule has 0 atom stereocenters. The number of nitrogens with zero attached hydrogens (tertiary/aromatic N) is 4. The fraction of sp³-hybridized carbons (Fsp3) is 0. The number of thiophene rings is 1. The molecule has 0 saturated carbocycles. The van der Waals surface area contributed by atoms with Gasteiger partial charge in [0.05, 0.1) is 21.5 Å². The average molecular weight is 599 g/mol. The molecular formula is C39H26N4OS. The summed E-state index contributed by atoms with van der Waals surface area (Å²) in [5.74, 6) is 1.45. The van der Waals surface area contributed by atoms with Crippen LogP contribution in [0.15, 0.2) is 152 Å². The fourth-order valence-corrected chi connectivity index (χ4v) is 6.85. The maximum Gasteiger partial charge on any atom is 0.164 e. The predicted octanol–water partition coefficient (Wildman–Crippen LogP) is 10.4. The number of phenols is 1. The van der Waals surface area contributed by atoms with E-state index in [2.05, 4.69) is 89.8 Å². The second kappa shape index (κ2) is 11.3.